The molecular weight excluding hydrogens is 355 g/mol. The first-order valence-corrected chi connectivity index (χ1v) is 9.41. The van der Waals surface area contributed by atoms with Gasteiger partial charge < -0.3 is 14.4 Å². The van der Waals surface area contributed by atoms with E-state index in [0.717, 1.165) is 7.11 Å². The maximum Gasteiger partial charge on any atom is 0.472 e. The number of aromatic nitrogens is 2. The van der Waals surface area contributed by atoms with Gasteiger partial charge in [-0.15, -0.1) is 0 Å². The summed E-state index contributed by atoms with van der Waals surface area (Å²) < 4.78 is 34.8. The van der Waals surface area contributed by atoms with Gasteiger partial charge in [0.2, 0.25) is 0 Å². The molecule has 3 rings (SSSR count). The van der Waals surface area contributed by atoms with Gasteiger partial charge in [0.25, 0.3) is 5.56 Å². The van der Waals surface area contributed by atoms with Gasteiger partial charge in [0.1, 0.15) is 17.8 Å². The van der Waals surface area contributed by atoms with E-state index in [4.69, 9.17) is 14.0 Å². The van der Waals surface area contributed by atoms with Crippen molar-refractivity contribution in [2.24, 2.45) is 0 Å². The topological polar surface area (TPSA) is 129 Å². The van der Waals surface area contributed by atoms with Crippen molar-refractivity contribution in [3.8, 4) is 0 Å². The molecule has 2 aliphatic rings. The van der Waals surface area contributed by atoms with E-state index in [0.29, 0.717) is 25.0 Å². The third kappa shape index (κ3) is 3.14. The Kier molecular flexibility index (Phi) is 4.78. The number of nitrogens with zero attached hydrogens (tertiary/aromatic N) is 1. The summed E-state index contributed by atoms with van der Waals surface area (Å²) in [5.74, 6) is 0. The van der Waals surface area contributed by atoms with Crippen LogP contribution in [0.4, 0.5) is 0 Å². The second kappa shape index (κ2) is 6.46. The number of hydrogen-bond acceptors (Lipinski definition) is 7. The molecule has 2 fully saturated rings. The van der Waals surface area contributed by atoms with Crippen molar-refractivity contribution in [3.05, 3.63) is 32.6 Å². The minimum atomic E-state index is -4.28. The zero-order chi connectivity index (χ0) is 18.4. The first-order valence-electron chi connectivity index (χ1n) is 7.91. The van der Waals surface area contributed by atoms with E-state index in [1.54, 1.807) is 6.92 Å². The van der Waals surface area contributed by atoms with Crippen LogP contribution in [0.1, 0.15) is 31.6 Å². The van der Waals surface area contributed by atoms with Crippen LogP contribution in [0.3, 0.4) is 0 Å². The van der Waals surface area contributed by atoms with Crippen molar-refractivity contribution in [1.82, 2.24) is 9.55 Å². The highest BCUT2D eigenvalue weighted by Crippen LogP contribution is 2.54. The van der Waals surface area contributed by atoms with Crippen LogP contribution in [-0.2, 0) is 23.1 Å². The predicted molar refractivity (Wildman–Crippen MR) is 85.3 cm³/mol. The van der Waals surface area contributed by atoms with Crippen molar-refractivity contribution in [1.29, 1.82) is 0 Å². The third-order valence-electron chi connectivity index (χ3n) is 4.78. The Bertz CT molecular complexity index is 820. The van der Waals surface area contributed by atoms with E-state index in [9.17, 15) is 19.0 Å². The Balaban J connectivity index is 2.04. The van der Waals surface area contributed by atoms with Crippen LogP contribution >= 0.6 is 7.82 Å². The Morgan fingerprint density at radius 2 is 2.24 bits per heavy atom. The van der Waals surface area contributed by atoms with Crippen LogP contribution in [0, 0.1) is 6.92 Å². The Morgan fingerprint density at radius 3 is 2.88 bits per heavy atom. The van der Waals surface area contributed by atoms with E-state index in [1.807, 2.05) is 6.92 Å². The van der Waals surface area contributed by atoms with Gasteiger partial charge in [-0.2, -0.15) is 0 Å². The van der Waals surface area contributed by atoms with E-state index in [2.05, 4.69) is 9.51 Å². The number of rotatable bonds is 5. The van der Waals surface area contributed by atoms with E-state index in [-0.39, 0.29) is 0 Å². The lowest BCUT2D eigenvalue weighted by molar-refractivity contribution is -0.120. The zero-order valence-corrected chi connectivity index (χ0v) is 15.0. The quantitative estimate of drug-likeness (QED) is 0.709. The average Bonchev–Trinajstić information content (AvgIpc) is 2.73. The molecule has 11 heteroatoms. The summed E-state index contributed by atoms with van der Waals surface area (Å²) in [6.07, 6.45) is -0.298. The molecule has 0 radical (unpaired) electrons. The summed E-state index contributed by atoms with van der Waals surface area (Å²) in [6.45, 7) is 3.78. The SMILES string of the molecule is CC[C@@]12CCO[C@@H](C1OP(=O)(O)OC)[C@H](n1cc(C)c(=O)[nH]c1=O)O2. The Hall–Kier alpha value is -1.29. The summed E-state index contributed by atoms with van der Waals surface area (Å²) in [5, 5.41) is 0. The van der Waals surface area contributed by atoms with Crippen molar-refractivity contribution in [3.63, 3.8) is 0 Å². The normalized spacial score (nSPS) is 34.0. The van der Waals surface area contributed by atoms with Gasteiger partial charge in [0.05, 0.1) is 6.61 Å². The lowest BCUT2D eigenvalue weighted by Crippen LogP contribution is -2.49. The second-order valence-corrected chi connectivity index (χ2v) is 7.68. The maximum atomic E-state index is 12.2. The van der Waals surface area contributed by atoms with Crippen LogP contribution in [0.15, 0.2) is 15.8 Å². The van der Waals surface area contributed by atoms with Crippen molar-refractivity contribution >= 4 is 7.82 Å². The summed E-state index contributed by atoms with van der Waals surface area (Å²) in [7, 11) is -3.22. The number of fused-ring (bicyclic) bond motifs is 2. The highest BCUT2D eigenvalue weighted by atomic mass is 31.2. The van der Waals surface area contributed by atoms with Gasteiger partial charge in [-0.25, -0.2) is 9.36 Å². The summed E-state index contributed by atoms with van der Waals surface area (Å²) >= 11 is 0. The summed E-state index contributed by atoms with van der Waals surface area (Å²) in [5.41, 5.74) is -1.70. The van der Waals surface area contributed by atoms with Crippen LogP contribution in [0.25, 0.3) is 0 Å². The number of phosphoric ester groups is 1. The molecule has 0 aromatic carbocycles. The molecule has 5 atom stereocenters. The van der Waals surface area contributed by atoms with Gasteiger partial charge in [0.15, 0.2) is 6.23 Å². The molecule has 2 bridgehead atoms. The molecule has 140 valence electrons. The monoisotopic (exact) mass is 376 g/mol. The molecule has 2 aliphatic heterocycles. The molecular formula is C14H21N2O8P. The van der Waals surface area contributed by atoms with Gasteiger partial charge in [-0.3, -0.25) is 23.4 Å². The minimum Gasteiger partial charge on any atom is -0.371 e. The zero-order valence-electron chi connectivity index (χ0n) is 14.1. The number of aryl methyl sites for hydroxylation is 1. The fourth-order valence-corrected chi connectivity index (χ4v) is 4.04. The predicted octanol–water partition coefficient (Wildman–Crippen LogP) is 0.444. The van der Waals surface area contributed by atoms with Crippen molar-refractivity contribution in [2.45, 2.75) is 50.7 Å². The molecule has 2 N–H and O–H groups in total. The highest BCUT2D eigenvalue weighted by Gasteiger charge is 2.60. The van der Waals surface area contributed by atoms with Gasteiger partial charge in [-0.1, -0.05) is 6.92 Å². The molecule has 0 amide bonds. The Morgan fingerprint density at radius 1 is 1.52 bits per heavy atom. The number of nitrogens with one attached hydrogen (secondary N) is 1. The molecule has 3 heterocycles. The molecule has 0 saturated carbocycles. The van der Waals surface area contributed by atoms with Crippen molar-refractivity contribution in [2.75, 3.05) is 13.7 Å². The highest BCUT2D eigenvalue weighted by molar-refractivity contribution is 7.47. The average molecular weight is 376 g/mol. The summed E-state index contributed by atoms with van der Waals surface area (Å²) in [6, 6.07) is 0. The summed E-state index contributed by atoms with van der Waals surface area (Å²) in [4.78, 5) is 35.7. The van der Waals surface area contributed by atoms with Crippen LogP contribution in [-0.4, -0.2) is 46.0 Å². The lowest BCUT2D eigenvalue weighted by atomic mass is 9.87. The van der Waals surface area contributed by atoms with E-state index in [1.165, 1.54) is 10.8 Å². The first-order chi connectivity index (χ1) is 11.7. The smallest absolute Gasteiger partial charge is 0.371 e. The molecule has 1 aromatic rings. The fourth-order valence-electron chi connectivity index (χ4n) is 3.36. The number of H-pyrrole nitrogens is 1. The van der Waals surface area contributed by atoms with Crippen LogP contribution in [0.2, 0.25) is 0 Å². The fraction of sp³-hybridized carbons (Fsp3) is 0.714. The van der Waals surface area contributed by atoms with E-state index < -0.39 is 43.1 Å². The minimum absolute atomic E-state index is 0.331. The molecule has 0 spiro atoms. The molecule has 0 aliphatic carbocycles. The second-order valence-electron chi connectivity index (χ2n) is 6.17. The standard InChI is InChI=1S/C14H21N2O8P/c1-4-14-5-6-22-9(10(14)24-25(19,20)21-3)12(23-14)16-7-8(2)11(17)15-13(16)18/h7,9-10,12H,4-6H2,1-3H3,(H,19,20)(H,15,17,18)/t9-,10?,12+,14+/m0/s1. The van der Waals surface area contributed by atoms with Gasteiger partial charge >= 0.3 is 13.5 Å². The number of phosphoric acid groups is 1. The Labute approximate surface area is 143 Å². The molecule has 2 saturated heterocycles. The van der Waals surface area contributed by atoms with Gasteiger partial charge in [-0.05, 0) is 13.3 Å². The maximum absolute atomic E-state index is 12.2. The lowest BCUT2D eigenvalue weighted by Gasteiger charge is -2.37. The van der Waals surface area contributed by atoms with Crippen LogP contribution in [0.5, 0.6) is 0 Å². The van der Waals surface area contributed by atoms with Gasteiger partial charge in [0, 0.05) is 25.3 Å². The third-order valence-corrected chi connectivity index (χ3v) is 5.74. The number of hydrogen-bond donors (Lipinski definition) is 2. The molecule has 1 aromatic heterocycles. The number of ether oxygens (including phenoxy) is 2. The first kappa shape index (κ1) is 18.5. The molecule has 10 nitrogen and oxygen atoms in total. The van der Waals surface area contributed by atoms with Crippen LogP contribution < -0.4 is 11.2 Å². The largest absolute Gasteiger partial charge is 0.472 e. The number of aromatic amines is 1. The molecule has 25 heavy (non-hydrogen) atoms. The van der Waals surface area contributed by atoms with Crippen molar-refractivity contribution < 1.29 is 28.0 Å². The van der Waals surface area contributed by atoms with E-state index >= 15 is 0 Å². The molecule has 2 unspecified atom stereocenters.